The second kappa shape index (κ2) is 5.76. The van der Waals surface area contributed by atoms with Crippen molar-refractivity contribution < 1.29 is 33.1 Å². The predicted molar refractivity (Wildman–Crippen MR) is 65.9 cm³/mol. The Labute approximate surface area is 111 Å². The second-order valence-corrected chi connectivity index (χ2v) is 4.93. The van der Waals surface area contributed by atoms with Gasteiger partial charge in [0.2, 0.25) is 0 Å². The van der Waals surface area contributed by atoms with Crippen LogP contribution < -0.4 is 0 Å². The number of aliphatic carboxylic acids is 2. The average Bonchev–Trinajstić information content (AvgIpc) is 2.24. The molecule has 1 aromatic carbocycles. The average molecular weight is 368 g/mol. The summed E-state index contributed by atoms with van der Waals surface area (Å²) >= 11 is -1.88. The van der Waals surface area contributed by atoms with Gasteiger partial charge in [-0.15, -0.1) is 0 Å². The highest BCUT2D eigenvalue weighted by atomic mass is 127. The lowest BCUT2D eigenvalue weighted by Gasteiger charge is -2.10. The molecule has 0 aliphatic carbocycles. The number of phenolic OH excluding ortho intramolecular Hbond substituents is 2. The van der Waals surface area contributed by atoms with E-state index < -0.39 is 57.5 Å². The maximum Gasteiger partial charge on any atom is 0.308 e. The van der Waals surface area contributed by atoms with E-state index >= 15 is 0 Å². The Morgan fingerprint density at radius 2 is 1.67 bits per heavy atom. The van der Waals surface area contributed by atoms with Gasteiger partial charge in [0, 0.05) is 5.56 Å². The zero-order chi connectivity index (χ0) is 13.9. The fourth-order valence-corrected chi connectivity index (χ4v) is 2.79. The van der Waals surface area contributed by atoms with Gasteiger partial charge in [0.15, 0.2) is 32.7 Å². The number of carboxylic acid groups (broad SMARTS) is 2. The first-order chi connectivity index (χ1) is 8.36. The molecule has 0 saturated heterocycles. The van der Waals surface area contributed by atoms with Crippen molar-refractivity contribution >= 4 is 33.1 Å². The molecule has 7 nitrogen and oxygen atoms in total. The van der Waals surface area contributed by atoms with Crippen LogP contribution in [0, 0.1) is 3.57 Å². The van der Waals surface area contributed by atoms with Gasteiger partial charge in [-0.2, -0.15) is 0 Å². The van der Waals surface area contributed by atoms with Crippen LogP contribution in [-0.2, 0) is 25.5 Å². The molecule has 0 aromatic heterocycles. The lowest BCUT2D eigenvalue weighted by atomic mass is 10.0. The Morgan fingerprint density at radius 1 is 1.11 bits per heavy atom. The number of hydrogen-bond donors (Lipinski definition) is 4. The quantitative estimate of drug-likeness (QED) is 0.447. The summed E-state index contributed by atoms with van der Waals surface area (Å²) in [5.41, 5.74) is -0.140. The minimum absolute atomic E-state index is 0.00824. The van der Waals surface area contributed by atoms with Crippen molar-refractivity contribution in [2.45, 2.75) is 12.8 Å². The minimum Gasteiger partial charge on any atom is -0.504 e. The molecule has 1 aromatic rings. The molecule has 0 aliphatic heterocycles. The first-order valence-corrected chi connectivity index (χ1v) is 6.60. The van der Waals surface area contributed by atoms with Gasteiger partial charge in [0.25, 0.3) is 0 Å². The summed E-state index contributed by atoms with van der Waals surface area (Å²) in [6.45, 7) is 0. The number of aromatic hydroxyl groups is 2. The Balaban J connectivity index is 3.45. The first kappa shape index (κ1) is 14.4. The molecule has 0 unspecified atom stereocenters. The third-order valence-corrected chi connectivity index (χ3v) is 3.92. The van der Waals surface area contributed by atoms with E-state index in [2.05, 4.69) is 0 Å². The van der Waals surface area contributed by atoms with Gasteiger partial charge in [-0.25, -0.2) is 0 Å². The molecule has 8 heteroatoms. The van der Waals surface area contributed by atoms with Crippen molar-refractivity contribution in [2.24, 2.45) is 0 Å². The normalized spacial score (nSPS) is 10.2. The Kier molecular flexibility index (Phi) is 4.59. The molecule has 4 N–H and O–H groups in total. The summed E-state index contributed by atoms with van der Waals surface area (Å²) in [5.74, 6) is -3.78. The molecule has 0 aliphatic rings. The van der Waals surface area contributed by atoms with E-state index in [1.165, 1.54) is 0 Å². The van der Waals surface area contributed by atoms with Crippen LogP contribution in [0.15, 0.2) is 6.07 Å². The summed E-state index contributed by atoms with van der Waals surface area (Å²) in [7, 11) is 0. The van der Waals surface area contributed by atoms with Gasteiger partial charge < -0.3 is 20.4 Å². The SMILES string of the molecule is O=Ic1c(CC(=O)O)cc(O)c(O)c1CC(=O)O. The molecule has 0 bridgehead atoms. The fourth-order valence-electron chi connectivity index (χ4n) is 1.45. The molecular weight excluding hydrogens is 359 g/mol. The Bertz CT molecular complexity index is 523. The van der Waals surface area contributed by atoms with Crippen molar-refractivity contribution in [1.29, 1.82) is 0 Å². The molecule has 0 fully saturated rings. The molecule has 18 heavy (non-hydrogen) atoms. The monoisotopic (exact) mass is 368 g/mol. The highest BCUT2D eigenvalue weighted by molar-refractivity contribution is 14.1. The molecule has 0 atom stereocenters. The summed E-state index contributed by atoms with van der Waals surface area (Å²) in [4.78, 5) is 21.3. The smallest absolute Gasteiger partial charge is 0.308 e. The third kappa shape index (κ3) is 3.15. The van der Waals surface area contributed by atoms with Crippen LogP contribution in [0.2, 0.25) is 0 Å². The zero-order valence-corrected chi connectivity index (χ0v) is 11.0. The van der Waals surface area contributed by atoms with Crippen LogP contribution in [0.25, 0.3) is 0 Å². The van der Waals surface area contributed by atoms with Gasteiger partial charge in [-0.1, -0.05) is 0 Å². The summed E-state index contributed by atoms with van der Waals surface area (Å²) in [6, 6.07) is 0.988. The molecule has 0 radical (unpaired) electrons. The number of halogens is 1. The first-order valence-electron chi connectivity index (χ1n) is 4.64. The lowest BCUT2D eigenvalue weighted by Crippen LogP contribution is -2.08. The summed E-state index contributed by atoms with van der Waals surface area (Å²) in [5, 5.41) is 36.3. The number of carbonyl (C=O) groups is 2. The molecule has 98 valence electrons. The van der Waals surface area contributed by atoms with Gasteiger partial charge in [-0.3, -0.25) is 12.7 Å². The van der Waals surface area contributed by atoms with Gasteiger partial charge in [0.1, 0.15) is 0 Å². The highest BCUT2D eigenvalue weighted by Crippen LogP contribution is 2.36. The van der Waals surface area contributed by atoms with Gasteiger partial charge in [-0.05, 0) is 11.6 Å². The number of carboxylic acids is 2. The fraction of sp³-hybridized carbons (Fsp3) is 0.200. The largest absolute Gasteiger partial charge is 0.504 e. The number of rotatable bonds is 5. The Morgan fingerprint density at radius 3 is 2.11 bits per heavy atom. The van der Waals surface area contributed by atoms with Crippen LogP contribution in [0.4, 0.5) is 0 Å². The number of hydrogen-bond acceptors (Lipinski definition) is 5. The van der Waals surface area contributed by atoms with E-state index in [0.717, 1.165) is 6.07 Å². The van der Waals surface area contributed by atoms with E-state index in [-0.39, 0.29) is 14.7 Å². The van der Waals surface area contributed by atoms with Gasteiger partial charge in [0.05, 0.1) is 16.4 Å². The van der Waals surface area contributed by atoms with Crippen molar-refractivity contribution in [3.63, 3.8) is 0 Å². The second-order valence-electron chi connectivity index (χ2n) is 3.41. The van der Waals surface area contributed by atoms with Crippen molar-refractivity contribution in [1.82, 2.24) is 0 Å². The highest BCUT2D eigenvalue weighted by Gasteiger charge is 2.21. The van der Waals surface area contributed by atoms with Crippen LogP contribution in [0.3, 0.4) is 0 Å². The molecule has 0 amide bonds. The molecule has 0 saturated carbocycles. The topological polar surface area (TPSA) is 132 Å². The van der Waals surface area contributed by atoms with E-state index in [1.807, 2.05) is 0 Å². The minimum atomic E-state index is -1.88. The van der Waals surface area contributed by atoms with Crippen molar-refractivity contribution in [2.75, 3.05) is 0 Å². The van der Waals surface area contributed by atoms with E-state index in [4.69, 9.17) is 10.2 Å². The van der Waals surface area contributed by atoms with Crippen LogP contribution >= 0.6 is 21.2 Å². The van der Waals surface area contributed by atoms with E-state index in [9.17, 15) is 22.9 Å². The number of phenols is 2. The zero-order valence-electron chi connectivity index (χ0n) is 8.88. The maximum absolute atomic E-state index is 11.1. The maximum atomic E-state index is 11.1. The molecule has 0 heterocycles. The van der Waals surface area contributed by atoms with Crippen molar-refractivity contribution in [3.05, 3.63) is 20.8 Å². The van der Waals surface area contributed by atoms with Crippen molar-refractivity contribution in [3.8, 4) is 11.5 Å². The predicted octanol–water partition coefficient (Wildman–Crippen LogP) is 0.838. The molecule has 0 spiro atoms. The Hall–Kier alpha value is -1.71. The van der Waals surface area contributed by atoms with E-state index in [0.29, 0.717) is 0 Å². The standard InChI is InChI=1S/C10H9IO7/c12-6-1-4(2-7(13)14)9(11-18)5(10(6)17)3-8(15)16/h1,12,17H,2-3H2,(H,13,14)(H,15,16). The molecular formula is C10H9IO7. The van der Waals surface area contributed by atoms with Crippen LogP contribution in [0.5, 0.6) is 11.5 Å². The summed E-state index contributed by atoms with van der Waals surface area (Å²) in [6.07, 6.45) is -1.14. The summed E-state index contributed by atoms with van der Waals surface area (Å²) < 4.78 is 11.1. The van der Waals surface area contributed by atoms with Gasteiger partial charge >= 0.3 is 11.9 Å². The lowest BCUT2D eigenvalue weighted by molar-refractivity contribution is -0.137. The van der Waals surface area contributed by atoms with Crippen LogP contribution in [0.1, 0.15) is 11.1 Å². The number of benzene rings is 1. The van der Waals surface area contributed by atoms with Crippen LogP contribution in [-0.4, -0.2) is 32.4 Å². The third-order valence-electron chi connectivity index (χ3n) is 2.13. The van der Waals surface area contributed by atoms with E-state index in [1.54, 1.807) is 0 Å². The molecule has 1 rings (SSSR count).